The lowest BCUT2D eigenvalue weighted by Gasteiger charge is -2.07. The zero-order valence-electron chi connectivity index (χ0n) is 13.1. The molecule has 0 aliphatic heterocycles. The lowest BCUT2D eigenvalue weighted by atomic mass is 10.1. The summed E-state index contributed by atoms with van der Waals surface area (Å²) in [5, 5.41) is 24.5. The summed E-state index contributed by atoms with van der Waals surface area (Å²) in [4.78, 5) is 22.1. The van der Waals surface area contributed by atoms with Crippen LogP contribution in [0.5, 0.6) is 5.75 Å². The molecule has 7 heteroatoms. The summed E-state index contributed by atoms with van der Waals surface area (Å²) in [5.41, 5.74) is 4.20. The number of carbonyl (C=O) groups is 1. The Balaban J connectivity index is 2.03. The number of benzene rings is 2. The molecule has 124 valence electrons. The van der Waals surface area contributed by atoms with E-state index < -0.39 is 4.92 Å². The minimum Gasteiger partial charge on any atom is -0.507 e. The minimum atomic E-state index is -0.492. The molecule has 0 aromatic heterocycles. The number of aromatic hydroxyl groups is 1. The molecule has 2 rings (SSSR count). The van der Waals surface area contributed by atoms with Crippen LogP contribution in [0.25, 0.3) is 0 Å². The molecule has 0 bridgehead atoms. The van der Waals surface area contributed by atoms with Crippen molar-refractivity contribution in [2.75, 3.05) is 0 Å². The number of hydrazone groups is 1. The van der Waals surface area contributed by atoms with Crippen molar-refractivity contribution in [3.8, 4) is 5.75 Å². The molecule has 0 radical (unpaired) electrons. The number of amides is 1. The Hall–Kier alpha value is -3.22. The molecule has 0 atom stereocenters. The van der Waals surface area contributed by atoms with Crippen molar-refractivity contribution in [2.45, 2.75) is 19.8 Å². The summed E-state index contributed by atoms with van der Waals surface area (Å²) < 4.78 is 0. The van der Waals surface area contributed by atoms with Gasteiger partial charge in [0.2, 0.25) is 5.91 Å². The van der Waals surface area contributed by atoms with Gasteiger partial charge in [0.15, 0.2) is 0 Å². The van der Waals surface area contributed by atoms with Gasteiger partial charge in [0.1, 0.15) is 5.75 Å². The van der Waals surface area contributed by atoms with Gasteiger partial charge < -0.3 is 5.11 Å². The number of nitrogens with zero attached hydrogens (tertiary/aromatic N) is 2. The third-order valence-electron chi connectivity index (χ3n) is 3.38. The second kappa shape index (κ2) is 7.87. The van der Waals surface area contributed by atoms with Crippen LogP contribution in [0.1, 0.15) is 24.5 Å². The second-order valence-corrected chi connectivity index (χ2v) is 5.06. The maximum absolute atomic E-state index is 12.0. The molecule has 0 aliphatic rings. The first-order valence-corrected chi connectivity index (χ1v) is 7.38. The fourth-order valence-corrected chi connectivity index (χ4v) is 2.14. The van der Waals surface area contributed by atoms with Crippen molar-refractivity contribution in [1.82, 2.24) is 5.43 Å². The van der Waals surface area contributed by atoms with E-state index in [0.29, 0.717) is 23.3 Å². The van der Waals surface area contributed by atoms with Crippen molar-refractivity contribution in [3.05, 3.63) is 69.8 Å². The fourth-order valence-electron chi connectivity index (χ4n) is 2.14. The Morgan fingerprint density at radius 2 is 1.88 bits per heavy atom. The average molecular weight is 327 g/mol. The molecule has 2 N–H and O–H groups in total. The Bertz CT molecular complexity index is 770. The molecule has 0 saturated carbocycles. The SMILES string of the molecule is CC/C(=N/NC(=O)Cc1ccc([N+](=O)[O-])cc1)c1ccccc1O. The van der Waals surface area contributed by atoms with Gasteiger partial charge >= 0.3 is 0 Å². The molecule has 7 nitrogen and oxygen atoms in total. The molecule has 24 heavy (non-hydrogen) atoms. The number of non-ortho nitro benzene ring substituents is 1. The fraction of sp³-hybridized carbons (Fsp3) is 0.176. The van der Waals surface area contributed by atoms with Crippen molar-refractivity contribution >= 4 is 17.3 Å². The first kappa shape index (κ1) is 17.1. The summed E-state index contributed by atoms with van der Waals surface area (Å²) in [6, 6.07) is 12.5. The molecule has 0 aliphatic carbocycles. The third kappa shape index (κ3) is 4.39. The lowest BCUT2D eigenvalue weighted by Crippen LogP contribution is -2.21. The van der Waals surface area contributed by atoms with Gasteiger partial charge in [-0.05, 0) is 24.1 Å². The maximum Gasteiger partial charge on any atom is 0.269 e. The van der Waals surface area contributed by atoms with Crippen LogP contribution in [0, 0.1) is 10.1 Å². The van der Waals surface area contributed by atoms with Crippen molar-refractivity contribution in [1.29, 1.82) is 0 Å². The van der Waals surface area contributed by atoms with Crippen molar-refractivity contribution < 1.29 is 14.8 Å². The smallest absolute Gasteiger partial charge is 0.269 e. The van der Waals surface area contributed by atoms with Gasteiger partial charge in [0.25, 0.3) is 5.69 Å². The van der Waals surface area contributed by atoms with E-state index in [1.807, 2.05) is 6.92 Å². The van der Waals surface area contributed by atoms with Gasteiger partial charge in [-0.15, -0.1) is 0 Å². The van der Waals surface area contributed by atoms with Gasteiger partial charge in [-0.1, -0.05) is 31.2 Å². The van der Waals surface area contributed by atoms with Crippen molar-refractivity contribution in [3.63, 3.8) is 0 Å². The first-order chi connectivity index (χ1) is 11.5. The van der Waals surface area contributed by atoms with E-state index in [2.05, 4.69) is 10.5 Å². The van der Waals surface area contributed by atoms with E-state index in [4.69, 9.17) is 0 Å². The number of hydrogen-bond acceptors (Lipinski definition) is 5. The molecule has 0 saturated heterocycles. The Morgan fingerprint density at radius 1 is 1.21 bits per heavy atom. The number of nitro benzene ring substituents is 1. The third-order valence-corrected chi connectivity index (χ3v) is 3.38. The minimum absolute atomic E-state index is 0.0231. The number of nitro groups is 1. The molecule has 0 unspecified atom stereocenters. The topological polar surface area (TPSA) is 105 Å². The van der Waals surface area contributed by atoms with Gasteiger partial charge in [0.05, 0.1) is 17.1 Å². The standard InChI is InChI=1S/C17H17N3O4/c1-2-15(14-5-3-4-6-16(14)21)18-19-17(22)11-12-7-9-13(10-8-12)20(23)24/h3-10,21H,2,11H2,1H3,(H,19,22)/b18-15-. The number of phenols is 1. The first-order valence-electron chi connectivity index (χ1n) is 7.38. The Kier molecular flexibility index (Phi) is 5.62. The van der Waals surface area contributed by atoms with Gasteiger partial charge in [-0.2, -0.15) is 5.10 Å². The molecular formula is C17H17N3O4. The number of rotatable bonds is 6. The number of nitrogens with one attached hydrogen (secondary N) is 1. The van der Waals surface area contributed by atoms with Crippen LogP contribution in [0.3, 0.4) is 0 Å². The zero-order chi connectivity index (χ0) is 17.5. The van der Waals surface area contributed by atoms with E-state index in [1.165, 1.54) is 24.3 Å². The number of phenolic OH excluding ortho intramolecular Hbond substituents is 1. The largest absolute Gasteiger partial charge is 0.507 e. The van der Waals surface area contributed by atoms with Crippen LogP contribution >= 0.6 is 0 Å². The van der Waals surface area contributed by atoms with E-state index in [-0.39, 0.29) is 23.8 Å². The number of para-hydroxylation sites is 1. The molecule has 0 heterocycles. The van der Waals surface area contributed by atoms with Crippen LogP contribution in [-0.4, -0.2) is 21.6 Å². The monoisotopic (exact) mass is 327 g/mol. The Morgan fingerprint density at radius 3 is 2.46 bits per heavy atom. The van der Waals surface area contributed by atoms with Crippen LogP contribution in [0.15, 0.2) is 53.6 Å². The summed E-state index contributed by atoms with van der Waals surface area (Å²) in [6.45, 7) is 1.87. The average Bonchev–Trinajstić information content (AvgIpc) is 2.57. The molecule has 2 aromatic carbocycles. The summed E-state index contributed by atoms with van der Waals surface area (Å²) in [7, 11) is 0. The molecule has 2 aromatic rings. The van der Waals surface area contributed by atoms with Gasteiger partial charge in [0, 0.05) is 17.7 Å². The highest BCUT2D eigenvalue weighted by Gasteiger charge is 2.09. The van der Waals surface area contributed by atoms with E-state index in [0.717, 1.165) is 0 Å². The molecule has 0 spiro atoms. The highest BCUT2D eigenvalue weighted by molar-refractivity contribution is 6.03. The van der Waals surface area contributed by atoms with E-state index >= 15 is 0 Å². The molecular weight excluding hydrogens is 310 g/mol. The van der Waals surface area contributed by atoms with Gasteiger partial charge in [-0.3, -0.25) is 14.9 Å². The van der Waals surface area contributed by atoms with E-state index in [1.54, 1.807) is 24.3 Å². The van der Waals surface area contributed by atoms with E-state index in [9.17, 15) is 20.0 Å². The summed E-state index contributed by atoms with van der Waals surface area (Å²) in [6.07, 6.45) is 0.592. The number of carbonyl (C=O) groups excluding carboxylic acids is 1. The van der Waals surface area contributed by atoms with Crippen LogP contribution in [0.2, 0.25) is 0 Å². The van der Waals surface area contributed by atoms with Gasteiger partial charge in [-0.25, -0.2) is 5.43 Å². The predicted octanol–water partition coefficient (Wildman–Crippen LogP) is 2.77. The highest BCUT2D eigenvalue weighted by atomic mass is 16.6. The van der Waals surface area contributed by atoms with Crippen LogP contribution in [-0.2, 0) is 11.2 Å². The van der Waals surface area contributed by atoms with Crippen LogP contribution in [0.4, 0.5) is 5.69 Å². The lowest BCUT2D eigenvalue weighted by molar-refractivity contribution is -0.384. The normalized spacial score (nSPS) is 11.1. The van der Waals surface area contributed by atoms with Crippen molar-refractivity contribution in [2.24, 2.45) is 5.10 Å². The summed E-state index contributed by atoms with van der Waals surface area (Å²) in [5.74, 6) is -0.243. The molecule has 0 fully saturated rings. The quantitative estimate of drug-likeness (QED) is 0.483. The predicted molar refractivity (Wildman–Crippen MR) is 89.9 cm³/mol. The molecule has 1 amide bonds. The zero-order valence-corrected chi connectivity index (χ0v) is 13.1. The number of hydrogen-bond donors (Lipinski definition) is 2. The maximum atomic E-state index is 12.0. The highest BCUT2D eigenvalue weighted by Crippen LogP contribution is 2.18. The summed E-state index contributed by atoms with van der Waals surface area (Å²) >= 11 is 0. The van der Waals surface area contributed by atoms with Crippen LogP contribution < -0.4 is 5.43 Å². The Labute approximate surface area is 138 Å². The second-order valence-electron chi connectivity index (χ2n) is 5.06.